The number of benzene rings is 2. The van der Waals surface area contributed by atoms with Crippen molar-refractivity contribution in [3.05, 3.63) is 60.2 Å². The van der Waals surface area contributed by atoms with Gasteiger partial charge in [0.05, 0.1) is 12.2 Å². The Kier molecular flexibility index (Phi) is 6.45. The van der Waals surface area contributed by atoms with E-state index in [1.807, 2.05) is 55.6 Å². The van der Waals surface area contributed by atoms with Crippen molar-refractivity contribution in [1.82, 2.24) is 5.32 Å². The van der Waals surface area contributed by atoms with Gasteiger partial charge in [-0.15, -0.1) is 0 Å². The fourth-order valence-electron chi connectivity index (χ4n) is 2.09. The number of anilines is 1. The molecule has 0 heterocycles. The minimum Gasteiger partial charge on any atom is -0.493 e. The first-order valence-electron chi connectivity index (χ1n) is 7.54. The molecule has 0 bridgehead atoms. The Morgan fingerprint density at radius 1 is 1.00 bits per heavy atom. The maximum Gasteiger partial charge on any atom is 0.259 e. The molecule has 4 nitrogen and oxygen atoms in total. The summed E-state index contributed by atoms with van der Waals surface area (Å²) in [6.45, 7) is 1.58. The van der Waals surface area contributed by atoms with Crippen LogP contribution in [-0.4, -0.2) is 26.1 Å². The van der Waals surface area contributed by atoms with Crippen molar-refractivity contribution < 1.29 is 9.53 Å². The summed E-state index contributed by atoms with van der Waals surface area (Å²) in [6, 6.07) is 16.7. The van der Waals surface area contributed by atoms with E-state index < -0.39 is 0 Å². The molecule has 1 amide bonds. The van der Waals surface area contributed by atoms with Crippen LogP contribution in [0, 0.1) is 0 Å². The molecule has 116 valence electrons. The second kappa shape index (κ2) is 8.85. The molecule has 2 N–H and O–H groups in total. The van der Waals surface area contributed by atoms with Crippen molar-refractivity contribution >= 4 is 11.6 Å². The number of hydrogen-bond donors (Lipinski definition) is 2. The minimum absolute atomic E-state index is 0.156. The van der Waals surface area contributed by atoms with Gasteiger partial charge in [-0.3, -0.25) is 4.79 Å². The second-order valence-corrected chi connectivity index (χ2v) is 4.98. The van der Waals surface area contributed by atoms with Crippen LogP contribution in [0.5, 0.6) is 5.75 Å². The molecule has 22 heavy (non-hydrogen) atoms. The Balaban J connectivity index is 1.96. The SMILES string of the molecule is CNCCCCOc1ccccc1C(=O)Nc1ccccc1. The Bertz CT molecular complexity index is 585. The normalized spacial score (nSPS) is 10.2. The molecule has 0 saturated carbocycles. The number of nitrogens with one attached hydrogen (secondary N) is 2. The third-order valence-corrected chi connectivity index (χ3v) is 3.24. The van der Waals surface area contributed by atoms with E-state index in [0.29, 0.717) is 17.9 Å². The zero-order valence-corrected chi connectivity index (χ0v) is 12.8. The van der Waals surface area contributed by atoms with Gasteiger partial charge in [-0.1, -0.05) is 30.3 Å². The van der Waals surface area contributed by atoms with E-state index in [9.17, 15) is 4.79 Å². The quantitative estimate of drug-likeness (QED) is 0.735. The van der Waals surface area contributed by atoms with Crippen LogP contribution in [0.3, 0.4) is 0 Å². The van der Waals surface area contributed by atoms with E-state index in [1.54, 1.807) is 6.07 Å². The van der Waals surface area contributed by atoms with E-state index in [0.717, 1.165) is 25.1 Å². The summed E-state index contributed by atoms with van der Waals surface area (Å²) >= 11 is 0. The second-order valence-electron chi connectivity index (χ2n) is 4.98. The molecular formula is C18H22N2O2. The number of ether oxygens (including phenoxy) is 1. The number of carbonyl (C=O) groups is 1. The number of hydrogen-bond acceptors (Lipinski definition) is 3. The highest BCUT2D eigenvalue weighted by molar-refractivity contribution is 6.06. The van der Waals surface area contributed by atoms with Crippen molar-refractivity contribution in [3.63, 3.8) is 0 Å². The van der Waals surface area contributed by atoms with Gasteiger partial charge in [0, 0.05) is 5.69 Å². The van der Waals surface area contributed by atoms with E-state index in [-0.39, 0.29) is 5.91 Å². The average Bonchev–Trinajstić information content (AvgIpc) is 2.56. The van der Waals surface area contributed by atoms with Crippen molar-refractivity contribution in [1.29, 1.82) is 0 Å². The Morgan fingerprint density at radius 3 is 2.50 bits per heavy atom. The van der Waals surface area contributed by atoms with Gasteiger partial charge in [0.1, 0.15) is 5.75 Å². The van der Waals surface area contributed by atoms with Crippen molar-refractivity contribution in [2.24, 2.45) is 0 Å². The zero-order valence-electron chi connectivity index (χ0n) is 12.8. The van der Waals surface area contributed by atoms with Crippen LogP contribution in [0.2, 0.25) is 0 Å². The monoisotopic (exact) mass is 298 g/mol. The van der Waals surface area contributed by atoms with Crippen molar-refractivity contribution in [2.45, 2.75) is 12.8 Å². The summed E-state index contributed by atoms with van der Waals surface area (Å²) in [5, 5.41) is 5.98. The minimum atomic E-state index is -0.156. The van der Waals surface area contributed by atoms with Crippen LogP contribution in [0.15, 0.2) is 54.6 Å². The Hall–Kier alpha value is -2.33. The van der Waals surface area contributed by atoms with Gasteiger partial charge in [0.15, 0.2) is 0 Å². The molecular weight excluding hydrogens is 276 g/mol. The Morgan fingerprint density at radius 2 is 1.73 bits per heavy atom. The van der Waals surface area contributed by atoms with Gasteiger partial charge >= 0.3 is 0 Å². The zero-order chi connectivity index (χ0) is 15.6. The summed E-state index contributed by atoms with van der Waals surface area (Å²) in [5.41, 5.74) is 1.33. The first-order valence-corrected chi connectivity index (χ1v) is 7.54. The molecule has 2 aromatic carbocycles. The number of rotatable bonds is 8. The maximum atomic E-state index is 12.4. The average molecular weight is 298 g/mol. The maximum absolute atomic E-state index is 12.4. The van der Waals surface area contributed by atoms with Gasteiger partial charge in [-0.05, 0) is 50.7 Å². The predicted octanol–water partition coefficient (Wildman–Crippen LogP) is 3.32. The predicted molar refractivity (Wildman–Crippen MR) is 89.5 cm³/mol. The lowest BCUT2D eigenvalue weighted by atomic mass is 10.2. The van der Waals surface area contributed by atoms with Crippen LogP contribution in [0.4, 0.5) is 5.69 Å². The topological polar surface area (TPSA) is 50.4 Å². The van der Waals surface area contributed by atoms with Gasteiger partial charge in [0.2, 0.25) is 0 Å². The summed E-state index contributed by atoms with van der Waals surface area (Å²) in [5.74, 6) is 0.470. The van der Waals surface area contributed by atoms with Crippen LogP contribution >= 0.6 is 0 Å². The highest BCUT2D eigenvalue weighted by Crippen LogP contribution is 2.20. The summed E-state index contributed by atoms with van der Waals surface area (Å²) in [7, 11) is 1.93. The first-order chi connectivity index (χ1) is 10.8. The standard InChI is InChI=1S/C18H22N2O2/c1-19-13-7-8-14-22-17-12-6-5-11-16(17)18(21)20-15-9-3-2-4-10-15/h2-6,9-12,19H,7-8,13-14H2,1H3,(H,20,21). The fourth-order valence-corrected chi connectivity index (χ4v) is 2.09. The first kappa shape index (κ1) is 16.0. The Labute approximate surface area is 131 Å². The largest absolute Gasteiger partial charge is 0.493 e. The van der Waals surface area contributed by atoms with Crippen molar-refractivity contribution in [3.8, 4) is 5.75 Å². The molecule has 0 aromatic heterocycles. The molecule has 0 unspecified atom stereocenters. The highest BCUT2D eigenvalue weighted by atomic mass is 16.5. The molecule has 0 aliphatic heterocycles. The van der Waals surface area contributed by atoms with Crippen LogP contribution in [-0.2, 0) is 0 Å². The molecule has 0 radical (unpaired) electrons. The molecule has 0 aliphatic rings. The van der Waals surface area contributed by atoms with E-state index in [2.05, 4.69) is 10.6 Å². The van der Waals surface area contributed by atoms with E-state index >= 15 is 0 Å². The molecule has 0 spiro atoms. The number of carbonyl (C=O) groups excluding carboxylic acids is 1. The van der Waals surface area contributed by atoms with E-state index in [1.165, 1.54) is 0 Å². The van der Waals surface area contributed by atoms with Gasteiger partial charge < -0.3 is 15.4 Å². The third kappa shape index (κ3) is 4.90. The van der Waals surface area contributed by atoms with Crippen LogP contribution < -0.4 is 15.4 Å². The lowest BCUT2D eigenvalue weighted by Crippen LogP contribution is -2.14. The number of amides is 1. The molecule has 0 fully saturated rings. The van der Waals surface area contributed by atoms with Gasteiger partial charge in [-0.2, -0.15) is 0 Å². The smallest absolute Gasteiger partial charge is 0.259 e. The summed E-state index contributed by atoms with van der Waals surface area (Å²) in [4.78, 5) is 12.4. The van der Waals surface area contributed by atoms with Gasteiger partial charge in [-0.25, -0.2) is 0 Å². The number of unbranched alkanes of at least 4 members (excludes halogenated alkanes) is 1. The fraction of sp³-hybridized carbons (Fsp3) is 0.278. The summed E-state index contributed by atoms with van der Waals surface area (Å²) in [6.07, 6.45) is 2.00. The molecule has 0 saturated heterocycles. The summed E-state index contributed by atoms with van der Waals surface area (Å²) < 4.78 is 5.75. The van der Waals surface area contributed by atoms with Gasteiger partial charge in [0.25, 0.3) is 5.91 Å². The molecule has 0 atom stereocenters. The molecule has 4 heteroatoms. The van der Waals surface area contributed by atoms with Crippen molar-refractivity contribution in [2.75, 3.05) is 25.5 Å². The molecule has 2 rings (SSSR count). The molecule has 2 aromatic rings. The third-order valence-electron chi connectivity index (χ3n) is 3.24. The van der Waals surface area contributed by atoms with E-state index in [4.69, 9.17) is 4.74 Å². The number of para-hydroxylation sites is 2. The molecule has 0 aliphatic carbocycles. The lowest BCUT2D eigenvalue weighted by Gasteiger charge is -2.11. The van der Waals surface area contributed by atoms with Crippen LogP contribution in [0.25, 0.3) is 0 Å². The highest BCUT2D eigenvalue weighted by Gasteiger charge is 2.12. The lowest BCUT2D eigenvalue weighted by molar-refractivity contribution is 0.102. The van der Waals surface area contributed by atoms with Crippen LogP contribution in [0.1, 0.15) is 23.2 Å².